The van der Waals surface area contributed by atoms with Crippen LogP contribution in [-0.4, -0.2) is 38.7 Å². The van der Waals surface area contributed by atoms with Crippen molar-refractivity contribution in [2.45, 2.75) is 112 Å². The molecule has 5 aliphatic rings. The van der Waals surface area contributed by atoms with Crippen LogP contribution >= 0.6 is 0 Å². The van der Waals surface area contributed by atoms with Crippen molar-refractivity contribution in [3.63, 3.8) is 0 Å². The van der Waals surface area contributed by atoms with Crippen molar-refractivity contribution in [2.24, 2.45) is 56.7 Å². The summed E-state index contributed by atoms with van der Waals surface area (Å²) in [6, 6.07) is 0. The van der Waals surface area contributed by atoms with E-state index in [2.05, 4.69) is 48.1 Å². The third kappa shape index (κ3) is 4.57. The maximum atomic E-state index is 11.7. The van der Waals surface area contributed by atoms with Crippen LogP contribution in [0.25, 0.3) is 0 Å². The summed E-state index contributed by atoms with van der Waals surface area (Å²) in [7, 11) is -9.04. The quantitative estimate of drug-likeness (QED) is 0.255. The zero-order valence-electron chi connectivity index (χ0n) is 25.1. The monoisotopic (exact) mass is 602 g/mol. The van der Waals surface area contributed by atoms with E-state index < -0.39 is 32.3 Å². The highest BCUT2D eigenvalue weighted by Gasteiger charge is 2.71. The Hall–Kier alpha value is -0.520. The molecule has 0 bridgehead atoms. The van der Waals surface area contributed by atoms with E-state index in [-0.39, 0.29) is 40.1 Å². The number of hydrogen-bond acceptors (Lipinski definition) is 6. The molecule has 2 N–H and O–H groups in total. The third-order valence-corrected chi connectivity index (χ3v) is 14.8. The molecule has 0 heterocycles. The van der Waals surface area contributed by atoms with Crippen molar-refractivity contribution in [1.82, 2.24) is 0 Å². The van der Waals surface area contributed by atoms with Crippen LogP contribution in [0.1, 0.15) is 106 Å². The Balaban J connectivity index is 1.49. The highest BCUT2D eigenvalue weighted by molar-refractivity contribution is 7.81. The van der Waals surface area contributed by atoms with E-state index in [0.717, 1.165) is 63.4 Å². The predicted molar refractivity (Wildman–Crippen MR) is 153 cm³/mol. The summed E-state index contributed by atoms with van der Waals surface area (Å²) < 4.78 is 75.9. The van der Waals surface area contributed by atoms with E-state index in [1.165, 1.54) is 0 Å². The molecule has 5 saturated carbocycles. The predicted octanol–water partition coefficient (Wildman–Crippen LogP) is 6.65. The van der Waals surface area contributed by atoms with Crippen LogP contribution in [0.2, 0.25) is 0 Å². The average Bonchev–Trinajstić information content (AvgIpc) is 3.19. The van der Waals surface area contributed by atoms with E-state index in [0.29, 0.717) is 24.2 Å². The smallest absolute Gasteiger partial charge is 0.264 e. The number of rotatable bonds is 6. The Morgan fingerprint density at radius 1 is 0.800 bits per heavy atom. The average molecular weight is 603 g/mol. The Labute approximate surface area is 242 Å². The molecule has 0 spiro atoms. The Bertz CT molecular complexity index is 1260. The van der Waals surface area contributed by atoms with Gasteiger partial charge in [-0.2, -0.15) is 16.8 Å². The van der Waals surface area contributed by atoms with E-state index in [1.807, 2.05) is 0 Å². The van der Waals surface area contributed by atoms with Crippen molar-refractivity contribution in [2.75, 3.05) is 6.61 Å². The minimum Gasteiger partial charge on any atom is -0.264 e. The summed E-state index contributed by atoms with van der Waals surface area (Å²) in [6.07, 6.45) is 8.84. The van der Waals surface area contributed by atoms with Gasteiger partial charge in [0, 0.05) is 0 Å². The molecule has 5 rings (SSSR count). The van der Waals surface area contributed by atoms with Gasteiger partial charge < -0.3 is 0 Å². The zero-order chi connectivity index (χ0) is 29.7. The van der Waals surface area contributed by atoms with Gasteiger partial charge in [-0.3, -0.25) is 9.11 Å². The van der Waals surface area contributed by atoms with Crippen molar-refractivity contribution >= 4 is 20.8 Å². The molecular formula is C30H50O8S2. The lowest BCUT2D eigenvalue weighted by Crippen LogP contribution is -2.67. The van der Waals surface area contributed by atoms with Crippen LogP contribution in [-0.2, 0) is 29.2 Å². The molecule has 0 saturated heterocycles. The molecule has 0 aromatic heterocycles. The van der Waals surface area contributed by atoms with Crippen molar-refractivity contribution < 1.29 is 34.3 Å². The largest absolute Gasteiger partial charge is 0.397 e. The molecule has 2 unspecified atom stereocenters. The van der Waals surface area contributed by atoms with Gasteiger partial charge in [0.15, 0.2) is 0 Å². The summed E-state index contributed by atoms with van der Waals surface area (Å²) in [6.45, 7) is 18.1. The van der Waals surface area contributed by atoms with Gasteiger partial charge in [0.1, 0.15) is 0 Å². The Morgan fingerprint density at radius 2 is 1.48 bits per heavy atom. The summed E-state index contributed by atoms with van der Waals surface area (Å²) in [5, 5.41) is 0. The first-order valence-electron chi connectivity index (χ1n) is 15.1. The fourth-order valence-corrected chi connectivity index (χ4v) is 13.0. The van der Waals surface area contributed by atoms with E-state index >= 15 is 0 Å². The Kier molecular flexibility index (Phi) is 7.33. The maximum absolute atomic E-state index is 11.7. The second kappa shape index (κ2) is 9.49. The standard InChI is InChI=1S/C30H50O8S2/c1-19(2)20-10-15-30(18-37-39(31,32)33)17-16-28(6)21(25(20)30)8-9-23-27(5)13-12-24(38-40(34,35)36)26(3,4)22(27)11-14-29(23,28)7/h20-25H,1,8-18H2,2-7H3,(H,31,32,33)(H,34,35,36)/t20-,21+,22-,23?,24-,25?,27-,28+,29+,30+/m0/s1. The van der Waals surface area contributed by atoms with E-state index in [4.69, 9.17) is 8.37 Å². The lowest BCUT2D eigenvalue weighted by molar-refractivity contribution is -0.247. The molecule has 40 heavy (non-hydrogen) atoms. The molecule has 10 heteroatoms. The van der Waals surface area contributed by atoms with E-state index in [9.17, 15) is 25.9 Å². The lowest BCUT2D eigenvalue weighted by Gasteiger charge is -2.73. The van der Waals surface area contributed by atoms with Crippen LogP contribution < -0.4 is 0 Å². The SMILES string of the molecule is C=C(C)[C@@H]1CC[C@]2(COS(=O)(=O)O)CC[C@]3(C)[C@H](CCC4[C@@]5(C)CC[C@H](OS(=O)(=O)O)C(C)(C)[C@@H]5CC[C@]43C)C12. The Morgan fingerprint density at radius 3 is 2.08 bits per heavy atom. The first-order chi connectivity index (χ1) is 18.2. The van der Waals surface area contributed by atoms with Crippen molar-refractivity contribution in [1.29, 1.82) is 0 Å². The van der Waals surface area contributed by atoms with Crippen LogP contribution in [0.4, 0.5) is 0 Å². The molecule has 0 aromatic rings. The third-order valence-electron chi connectivity index (χ3n) is 13.9. The first kappa shape index (κ1) is 30.9. The first-order valence-corrected chi connectivity index (χ1v) is 17.9. The number of fused-ring (bicyclic) bond motifs is 7. The molecule has 0 aromatic carbocycles. The molecule has 0 aliphatic heterocycles. The second-order valence-electron chi connectivity index (χ2n) is 15.6. The molecule has 8 nitrogen and oxygen atoms in total. The highest BCUT2D eigenvalue weighted by Crippen LogP contribution is 2.77. The molecule has 230 valence electrons. The van der Waals surface area contributed by atoms with Gasteiger partial charge in [0.25, 0.3) is 0 Å². The van der Waals surface area contributed by atoms with Crippen LogP contribution in [0, 0.1) is 56.7 Å². The van der Waals surface area contributed by atoms with Gasteiger partial charge in [-0.1, -0.05) is 46.8 Å². The topological polar surface area (TPSA) is 127 Å². The van der Waals surface area contributed by atoms with Gasteiger partial charge in [0.2, 0.25) is 0 Å². The molecule has 0 radical (unpaired) electrons. The van der Waals surface area contributed by atoms with Crippen LogP contribution in [0.3, 0.4) is 0 Å². The van der Waals surface area contributed by atoms with Crippen LogP contribution in [0.5, 0.6) is 0 Å². The minimum absolute atomic E-state index is 0.0234. The minimum atomic E-state index is -4.52. The number of hydrogen-bond donors (Lipinski definition) is 2. The maximum Gasteiger partial charge on any atom is 0.397 e. The second-order valence-corrected chi connectivity index (χ2v) is 17.7. The normalized spacial score (nSPS) is 48.4. The summed E-state index contributed by atoms with van der Waals surface area (Å²) in [5.41, 5.74) is 0.640. The molecule has 5 fully saturated rings. The van der Waals surface area contributed by atoms with E-state index in [1.54, 1.807) is 0 Å². The van der Waals surface area contributed by atoms with Gasteiger partial charge >= 0.3 is 20.8 Å². The highest BCUT2D eigenvalue weighted by atomic mass is 32.3. The molecule has 0 amide bonds. The van der Waals surface area contributed by atoms with Gasteiger partial charge in [-0.15, -0.1) is 0 Å². The summed E-state index contributed by atoms with van der Waals surface area (Å²) >= 11 is 0. The van der Waals surface area contributed by atoms with Gasteiger partial charge in [-0.25, -0.2) is 8.37 Å². The van der Waals surface area contributed by atoms with Crippen molar-refractivity contribution in [3.05, 3.63) is 12.2 Å². The molecule has 10 atom stereocenters. The van der Waals surface area contributed by atoms with Crippen molar-refractivity contribution in [3.8, 4) is 0 Å². The fraction of sp³-hybridized carbons (Fsp3) is 0.933. The van der Waals surface area contributed by atoms with Crippen LogP contribution in [0.15, 0.2) is 12.2 Å². The molecule has 5 aliphatic carbocycles. The van der Waals surface area contributed by atoms with Gasteiger partial charge in [0.05, 0.1) is 12.7 Å². The fourth-order valence-electron chi connectivity index (χ4n) is 12.0. The number of allylic oxidation sites excluding steroid dienone is 1. The van der Waals surface area contributed by atoms with Gasteiger partial charge in [-0.05, 0) is 128 Å². The zero-order valence-corrected chi connectivity index (χ0v) is 26.7. The lowest BCUT2D eigenvalue weighted by atomic mass is 9.32. The summed E-state index contributed by atoms with van der Waals surface area (Å²) in [5.74, 6) is 1.73. The molecular weight excluding hydrogens is 552 g/mol. The summed E-state index contributed by atoms with van der Waals surface area (Å²) in [4.78, 5) is 0.